The van der Waals surface area contributed by atoms with Crippen LogP contribution in [0.4, 0.5) is 0 Å². The van der Waals surface area contributed by atoms with E-state index in [9.17, 15) is 4.79 Å². The van der Waals surface area contributed by atoms with Gasteiger partial charge in [0, 0.05) is 18.6 Å². The first-order chi connectivity index (χ1) is 6.16. The molecule has 13 heavy (non-hydrogen) atoms. The summed E-state index contributed by atoms with van der Waals surface area (Å²) in [6.07, 6.45) is 0. The Kier molecular flexibility index (Phi) is 3.69. The van der Waals surface area contributed by atoms with E-state index in [4.69, 9.17) is 9.47 Å². The van der Waals surface area contributed by atoms with Crippen LogP contribution >= 0.6 is 0 Å². The molecule has 0 aromatic carbocycles. The van der Waals surface area contributed by atoms with E-state index >= 15 is 0 Å². The van der Waals surface area contributed by atoms with Gasteiger partial charge < -0.3 is 14.8 Å². The highest BCUT2D eigenvalue weighted by Crippen LogP contribution is 2.24. The minimum Gasteiger partial charge on any atom is -0.380 e. The molecule has 0 aliphatic carbocycles. The molecule has 1 N–H and O–H groups in total. The predicted molar refractivity (Wildman–Crippen MR) is 48.4 cm³/mol. The van der Waals surface area contributed by atoms with Crippen LogP contribution in [-0.4, -0.2) is 38.9 Å². The van der Waals surface area contributed by atoms with E-state index in [0.717, 1.165) is 13.2 Å². The summed E-state index contributed by atoms with van der Waals surface area (Å²) in [5, 5.41) is 2.82. The van der Waals surface area contributed by atoms with Crippen LogP contribution in [0.1, 0.15) is 13.8 Å². The lowest BCUT2D eigenvalue weighted by atomic mass is 9.89. The van der Waals surface area contributed by atoms with E-state index < -0.39 is 0 Å². The summed E-state index contributed by atoms with van der Waals surface area (Å²) in [6, 6.07) is 0. The van der Waals surface area contributed by atoms with Gasteiger partial charge in [0.05, 0.1) is 13.2 Å². The van der Waals surface area contributed by atoms with Crippen molar-refractivity contribution in [3.63, 3.8) is 0 Å². The molecule has 0 atom stereocenters. The molecule has 0 aromatic heterocycles. The fraction of sp³-hybridized carbons (Fsp3) is 0.889. The summed E-state index contributed by atoms with van der Waals surface area (Å²) >= 11 is 0. The van der Waals surface area contributed by atoms with E-state index in [1.54, 1.807) is 0 Å². The molecule has 0 saturated carbocycles. The van der Waals surface area contributed by atoms with Crippen molar-refractivity contribution in [1.82, 2.24) is 5.32 Å². The summed E-state index contributed by atoms with van der Waals surface area (Å²) in [5.41, 5.74) is 0.141. The quantitative estimate of drug-likeness (QED) is 0.667. The van der Waals surface area contributed by atoms with Gasteiger partial charge in [-0.15, -0.1) is 0 Å². The van der Waals surface area contributed by atoms with Gasteiger partial charge in [0.15, 0.2) is 0 Å². The van der Waals surface area contributed by atoms with Crippen LogP contribution in [0.25, 0.3) is 0 Å². The maximum atomic E-state index is 11.1. The van der Waals surface area contributed by atoms with Gasteiger partial charge in [-0.05, 0) is 6.92 Å². The van der Waals surface area contributed by atoms with E-state index in [0.29, 0.717) is 13.2 Å². The lowest BCUT2D eigenvalue weighted by Crippen LogP contribution is -2.49. The minimum atomic E-state index is -0.0463. The van der Waals surface area contributed by atoms with Crippen molar-refractivity contribution in [3.8, 4) is 0 Å². The van der Waals surface area contributed by atoms with Crippen LogP contribution in [-0.2, 0) is 14.3 Å². The Morgan fingerprint density at radius 3 is 2.77 bits per heavy atom. The average Bonchev–Trinajstić information content (AvgIpc) is 2.08. The van der Waals surface area contributed by atoms with E-state index in [2.05, 4.69) is 12.2 Å². The van der Waals surface area contributed by atoms with Crippen LogP contribution in [0.2, 0.25) is 0 Å². The average molecular weight is 187 g/mol. The number of amides is 1. The van der Waals surface area contributed by atoms with E-state index in [-0.39, 0.29) is 17.9 Å². The molecule has 1 fully saturated rings. The predicted octanol–water partition coefficient (Wildman–Crippen LogP) is 0.176. The molecular weight excluding hydrogens is 170 g/mol. The summed E-state index contributed by atoms with van der Waals surface area (Å²) in [4.78, 5) is 11.1. The van der Waals surface area contributed by atoms with Crippen molar-refractivity contribution in [1.29, 1.82) is 0 Å². The van der Waals surface area contributed by atoms with Crippen molar-refractivity contribution < 1.29 is 14.3 Å². The number of carbonyl (C=O) groups excluding carboxylic acids is 1. The zero-order chi connectivity index (χ0) is 9.73. The second kappa shape index (κ2) is 4.58. The highest BCUT2D eigenvalue weighted by atomic mass is 16.5. The number of rotatable bonds is 5. The van der Waals surface area contributed by atoms with Crippen molar-refractivity contribution in [2.24, 2.45) is 5.41 Å². The SMILES string of the molecule is CCOCC(=O)NCC1(C)COC1. The molecule has 0 aromatic rings. The highest BCUT2D eigenvalue weighted by Gasteiger charge is 2.33. The molecule has 1 saturated heterocycles. The van der Waals surface area contributed by atoms with Gasteiger partial charge in [0.2, 0.25) is 5.91 Å². The molecule has 0 radical (unpaired) electrons. The second-order valence-corrected chi connectivity index (χ2v) is 3.72. The van der Waals surface area contributed by atoms with Crippen molar-refractivity contribution in [2.75, 3.05) is 33.0 Å². The number of ether oxygens (including phenoxy) is 2. The van der Waals surface area contributed by atoms with Gasteiger partial charge >= 0.3 is 0 Å². The van der Waals surface area contributed by atoms with Crippen LogP contribution < -0.4 is 5.32 Å². The first kappa shape index (κ1) is 10.5. The molecule has 1 aliphatic heterocycles. The molecule has 0 bridgehead atoms. The normalized spacial score (nSPS) is 19.2. The van der Waals surface area contributed by atoms with Gasteiger partial charge in [-0.25, -0.2) is 0 Å². The Hall–Kier alpha value is -0.610. The third-order valence-corrected chi connectivity index (χ3v) is 2.05. The third kappa shape index (κ3) is 3.32. The number of nitrogens with one attached hydrogen (secondary N) is 1. The van der Waals surface area contributed by atoms with Gasteiger partial charge in [-0.2, -0.15) is 0 Å². The molecule has 1 heterocycles. The first-order valence-electron chi connectivity index (χ1n) is 4.58. The smallest absolute Gasteiger partial charge is 0.246 e. The summed E-state index contributed by atoms with van der Waals surface area (Å²) in [6.45, 7) is 6.86. The zero-order valence-electron chi connectivity index (χ0n) is 8.26. The van der Waals surface area contributed by atoms with Crippen LogP contribution in [0.3, 0.4) is 0 Å². The summed E-state index contributed by atoms with van der Waals surface area (Å²) in [5.74, 6) is -0.0463. The third-order valence-electron chi connectivity index (χ3n) is 2.05. The lowest BCUT2D eigenvalue weighted by molar-refractivity contribution is -0.130. The maximum Gasteiger partial charge on any atom is 0.246 e. The standard InChI is InChI=1S/C9H17NO3/c1-3-12-4-8(11)10-5-9(2)6-13-7-9/h3-7H2,1-2H3,(H,10,11). The van der Waals surface area contributed by atoms with Gasteiger partial charge in [-0.1, -0.05) is 6.92 Å². The fourth-order valence-electron chi connectivity index (χ4n) is 1.11. The molecule has 1 rings (SSSR count). The zero-order valence-corrected chi connectivity index (χ0v) is 8.26. The highest BCUT2D eigenvalue weighted by molar-refractivity contribution is 5.77. The minimum absolute atomic E-state index is 0.0463. The molecular formula is C9H17NO3. The first-order valence-corrected chi connectivity index (χ1v) is 4.58. The van der Waals surface area contributed by atoms with Crippen molar-refractivity contribution in [2.45, 2.75) is 13.8 Å². The van der Waals surface area contributed by atoms with Gasteiger partial charge in [0.1, 0.15) is 6.61 Å². The van der Waals surface area contributed by atoms with Crippen LogP contribution in [0.5, 0.6) is 0 Å². The lowest BCUT2D eigenvalue weighted by Gasteiger charge is -2.37. The monoisotopic (exact) mass is 187 g/mol. The molecule has 76 valence electrons. The maximum absolute atomic E-state index is 11.1. The summed E-state index contributed by atoms with van der Waals surface area (Å²) < 4.78 is 10.0. The van der Waals surface area contributed by atoms with Gasteiger partial charge in [-0.3, -0.25) is 4.79 Å². The van der Waals surface area contributed by atoms with Gasteiger partial charge in [0.25, 0.3) is 0 Å². The Morgan fingerprint density at radius 1 is 1.62 bits per heavy atom. The molecule has 1 aliphatic rings. The van der Waals surface area contributed by atoms with Crippen molar-refractivity contribution in [3.05, 3.63) is 0 Å². The molecule has 0 unspecified atom stereocenters. The number of hydrogen-bond donors (Lipinski definition) is 1. The Bertz CT molecular complexity index is 178. The van der Waals surface area contributed by atoms with Crippen LogP contribution in [0, 0.1) is 5.41 Å². The number of hydrogen-bond acceptors (Lipinski definition) is 3. The second-order valence-electron chi connectivity index (χ2n) is 3.72. The fourth-order valence-corrected chi connectivity index (χ4v) is 1.11. The van der Waals surface area contributed by atoms with E-state index in [1.165, 1.54) is 0 Å². The molecule has 4 nitrogen and oxygen atoms in total. The van der Waals surface area contributed by atoms with Crippen molar-refractivity contribution >= 4 is 5.91 Å². The summed E-state index contributed by atoms with van der Waals surface area (Å²) in [7, 11) is 0. The molecule has 1 amide bonds. The Morgan fingerprint density at radius 2 is 2.31 bits per heavy atom. The molecule has 0 spiro atoms. The molecule has 4 heteroatoms. The Balaban J connectivity index is 2.07. The largest absolute Gasteiger partial charge is 0.380 e. The topological polar surface area (TPSA) is 47.6 Å². The Labute approximate surface area is 78.6 Å². The number of carbonyl (C=O) groups is 1. The van der Waals surface area contributed by atoms with E-state index in [1.807, 2.05) is 6.92 Å². The van der Waals surface area contributed by atoms with Crippen LogP contribution in [0.15, 0.2) is 0 Å².